The van der Waals surface area contributed by atoms with Gasteiger partial charge in [0.2, 0.25) is 0 Å². The summed E-state index contributed by atoms with van der Waals surface area (Å²) in [5.74, 6) is -0.865. The van der Waals surface area contributed by atoms with Crippen LogP contribution in [0, 0.1) is 6.92 Å². The number of halogens is 1. The zero-order valence-electron chi connectivity index (χ0n) is 5.83. The summed E-state index contributed by atoms with van der Waals surface area (Å²) in [6, 6.07) is 8.01. The van der Waals surface area contributed by atoms with E-state index in [1.54, 1.807) is 18.2 Å². The Hall–Kier alpha value is -1.38. The Morgan fingerprint density at radius 2 is 1.91 bits per heavy atom. The highest BCUT2D eigenvalue weighted by molar-refractivity contribution is 5.94. The molecule has 0 fully saturated rings. The monoisotopic (exact) mass is 152 g/mol. The van der Waals surface area contributed by atoms with Crippen LogP contribution in [0.2, 0.25) is 0 Å². The number of carbonyl (C=O) groups is 1. The highest BCUT2D eigenvalue weighted by atomic mass is 19.2. The molecule has 0 spiro atoms. The second kappa shape index (κ2) is 3.14. The lowest BCUT2D eigenvalue weighted by Crippen LogP contribution is -2.17. The molecule has 3 heteroatoms. The van der Waals surface area contributed by atoms with Gasteiger partial charge in [0.05, 0.1) is 5.69 Å². The van der Waals surface area contributed by atoms with Crippen molar-refractivity contribution >= 4 is 11.6 Å². The van der Waals surface area contributed by atoms with Gasteiger partial charge in [-0.3, -0.25) is 4.79 Å². The summed E-state index contributed by atoms with van der Waals surface area (Å²) in [6.07, 6.45) is 0. The Kier molecular flexibility index (Phi) is 2.21. The van der Waals surface area contributed by atoms with Crippen molar-refractivity contribution in [2.45, 2.75) is 0 Å². The van der Waals surface area contributed by atoms with Gasteiger partial charge in [0.25, 0.3) is 5.91 Å². The number of hydrogen-bond donors (Lipinski definition) is 0. The number of amides is 1. The van der Waals surface area contributed by atoms with E-state index in [-0.39, 0.29) is 10.8 Å². The number of carbonyl (C=O) groups excluding carboxylic acids is 1. The molecule has 0 unspecified atom stereocenters. The molecule has 0 atom stereocenters. The van der Waals surface area contributed by atoms with E-state index in [4.69, 9.17) is 0 Å². The molecule has 0 heterocycles. The highest BCUT2D eigenvalue weighted by Crippen LogP contribution is 2.12. The van der Waals surface area contributed by atoms with Gasteiger partial charge in [0, 0.05) is 6.92 Å². The minimum atomic E-state index is -0.865. The zero-order chi connectivity index (χ0) is 8.27. The fraction of sp³-hybridized carbons (Fsp3) is 0. The molecule has 1 radical (unpaired) electrons. The quantitative estimate of drug-likeness (QED) is 0.561. The van der Waals surface area contributed by atoms with Crippen LogP contribution >= 0.6 is 0 Å². The smallest absolute Gasteiger partial charge is 0.255 e. The van der Waals surface area contributed by atoms with Crippen LogP contribution in [0.3, 0.4) is 0 Å². The standard InChI is InChI=1S/C8H7FNO/c1-7(11)10(9)8-5-3-2-4-6-8/h2-6H,1H2. The molecule has 11 heavy (non-hydrogen) atoms. The molecular weight excluding hydrogens is 145 g/mol. The third-order valence-corrected chi connectivity index (χ3v) is 1.20. The lowest BCUT2D eigenvalue weighted by Gasteiger charge is -2.07. The molecule has 57 valence electrons. The van der Waals surface area contributed by atoms with Crippen molar-refractivity contribution in [2.24, 2.45) is 0 Å². The normalized spacial score (nSPS) is 9.27. The molecule has 0 saturated carbocycles. The van der Waals surface area contributed by atoms with E-state index in [9.17, 15) is 9.28 Å². The topological polar surface area (TPSA) is 20.3 Å². The van der Waals surface area contributed by atoms with E-state index in [2.05, 4.69) is 6.92 Å². The fourth-order valence-electron chi connectivity index (χ4n) is 0.703. The maximum absolute atomic E-state index is 12.7. The third-order valence-electron chi connectivity index (χ3n) is 1.20. The fourth-order valence-corrected chi connectivity index (χ4v) is 0.703. The molecule has 0 aliphatic rings. The summed E-state index contributed by atoms with van der Waals surface area (Å²) in [7, 11) is 0. The summed E-state index contributed by atoms with van der Waals surface area (Å²) < 4.78 is 12.7. The summed E-state index contributed by atoms with van der Waals surface area (Å²) in [4.78, 5) is 10.4. The van der Waals surface area contributed by atoms with Crippen molar-refractivity contribution in [2.75, 3.05) is 5.12 Å². The number of hydrogen-bond acceptors (Lipinski definition) is 1. The van der Waals surface area contributed by atoms with Crippen LogP contribution < -0.4 is 5.12 Å². The molecule has 1 aromatic rings. The first kappa shape index (κ1) is 7.72. The summed E-state index contributed by atoms with van der Waals surface area (Å²) >= 11 is 0. The number of benzene rings is 1. The summed E-state index contributed by atoms with van der Waals surface area (Å²) in [6.45, 7) is 2.93. The van der Waals surface area contributed by atoms with Crippen LogP contribution in [0.5, 0.6) is 0 Å². The van der Waals surface area contributed by atoms with Gasteiger partial charge >= 0.3 is 0 Å². The lowest BCUT2D eigenvalue weighted by atomic mass is 10.3. The lowest BCUT2D eigenvalue weighted by molar-refractivity contribution is -0.117. The molecule has 1 rings (SSSR count). The van der Waals surface area contributed by atoms with Gasteiger partial charge in [-0.25, -0.2) is 0 Å². The largest absolute Gasteiger partial charge is 0.272 e. The second-order valence-corrected chi connectivity index (χ2v) is 2.01. The number of para-hydroxylation sites is 1. The van der Waals surface area contributed by atoms with Crippen LogP contribution in [-0.2, 0) is 4.79 Å². The second-order valence-electron chi connectivity index (χ2n) is 2.01. The Bertz CT molecular complexity index is 248. The third kappa shape index (κ3) is 1.77. The molecule has 2 nitrogen and oxygen atoms in total. The molecular formula is C8H7FNO. The van der Waals surface area contributed by atoms with Crippen LogP contribution in [0.1, 0.15) is 0 Å². The van der Waals surface area contributed by atoms with Gasteiger partial charge in [-0.15, -0.1) is 5.12 Å². The first-order chi connectivity index (χ1) is 5.22. The first-order valence-corrected chi connectivity index (χ1v) is 3.08. The molecule has 0 saturated heterocycles. The molecule has 0 aromatic heterocycles. The average molecular weight is 152 g/mol. The van der Waals surface area contributed by atoms with Crippen molar-refractivity contribution in [3.63, 3.8) is 0 Å². The minimum Gasteiger partial charge on any atom is -0.272 e. The van der Waals surface area contributed by atoms with Crippen molar-refractivity contribution < 1.29 is 9.28 Å². The zero-order valence-corrected chi connectivity index (χ0v) is 5.83. The maximum Gasteiger partial charge on any atom is 0.255 e. The van der Waals surface area contributed by atoms with Crippen molar-refractivity contribution in [1.29, 1.82) is 0 Å². The van der Waals surface area contributed by atoms with E-state index >= 15 is 0 Å². The molecule has 0 N–H and O–H groups in total. The predicted molar refractivity (Wildman–Crippen MR) is 40.4 cm³/mol. The molecule has 1 aromatic carbocycles. The van der Waals surface area contributed by atoms with E-state index in [0.29, 0.717) is 0 Å². The Labute approximate surface area is 64.2 Å². The molecule has 1 amide bonds. The van der Waals surface area contributed by atoms with Gasteiger partial charge in [-0.05, 0) is 12.1 Å². The van der Waals surface area contributed by atoms with Crippen LogP contribution in [0.4, 0.5) is 10.2 Å². The predicted octanol–water partition coefficient (Wildman–Crippen LogP) is 1.74. The summed E-state index contributed by atoms with van der Waals surface area (Å²) in [5, 5.41) is 0. The van der Waals surface area contributed by atoms with E-state index in [1.165, 1.54) is 12.1 Å². The molecule has 0 bridgehead atoms. The van der Waals surface area contributed by atoms with E-state index in [1.807, 2.05) is 0 Å². The maximum atomic E-state index is 12.7. The Morgan fingerprint density at radius 1 is 1.36 bits per heavy atom. The van der Waals surface area contributed by atoms with Gasteiger partial charge < -0.3 is 0 Å². The van der Waals surface area contributed by atoms with Crippen molar-refractivity contribution in [3.8, 4) is 0 Å². The minimum absolute atomic E-state index is 0. The van der Waals surface area contributed by atoms with E-state index < -0.39 is 5.91 Å². The Morgan fingerprint density at radius 3 is 2.36 bits per heavy atom. The number of nitrogens with zero attached hydrogens (tertiary/aromatic N) is 1. The average Bonchev–Trinajstić information content (AvgIpc) is 2.05. The first-order valence-electron chi connectivity index (χ1n) is 3.08. The summed E-state index contributed by atoms with van der Waals surface area (Å²) in [5.41, 5.74) is 0.201. The van der Waals surface area contributed by atoms with E-state index in [0.717, 1.165) is 0 Å². The van der Waals surface area contributed by atoms with Gasteiger partial charge in [0.15, 0.2) is 0 Å². The SMILES string of the molecule is [CH2]C(=O)N(F)c1ccccc1. The van der Waals surface area contributed by atoms with Gasteiger partial charge in [-0.1, -0.05) is 22.7 Å². The van der Waals surface area contributed by atoms with Gasteiger partial charge in [0.1, 0.15) is 0 Å². The van der Waals surface area contributed by atoms with Crippen LogP contribution in [-0.4, -0.2) is 5.91 Å². The van der Waals surface area contributed by atoms with Crippen molar-refractivity contribution in [1.82, 2.24) is 0 Å². The van der Waals surface area contributed by atoms with Crippen LogP contribution in [0.25, 0.3) is 0 Å². The Balaban J connectivity index is 2.85. The molecule has 0 aliphatic carbocycles. The number of anilines is 1. The van der Waals surface area contributed by atoms with Crippen LogP contribution in [0.15, 0.2) is 30.3 Å². The number of rotatable bonds is 1. The van der Waals surface area contributed by atoms with Crippen molar-refractivity contribution in [3.05, 3.63) is 37.3 Å². The molecule has 0 aliphatic heterocycles. The highest BCUT2D eigenvalue weighted by Gasteiger charge is 2.07. The van der Waals surface area contributed by atoms with Gasteiger partial charge in [-0.2, -0.15) is 0 Å².